The zero-order chi connectivity index (χ0) is 12.0. The molecule has 5 heteroatoms. The van der Waals surface area contributed by atoms with Crippen molar-refractivity contribution < 1.29 is 13.9 Å². The van der Waals surface area contributed by atoms with Crippen LogP contribution in [0.25, 0.3) is 0 Å². The van der Waals surface area contributed by atoms with E-state index in [2.05, 4.69) is 4.98 Å². The molecule has 1 heterocycles. The molecule has 0 radical (unpaired) electrons. The van der Waals surface area contributed by atoms with Crippen LogP contribution in [-0.2, 0) is 4.74 Å². The van der Waals surface area contributed by atoms with E-state index >= 15 is 0 Å². The molecular weight excluding hydrogens is 211 g/mol. The highest BCUT2D eigenvalue weighted by Crippen LogP contribution is 2.05. The SMILES string of the molecule is CCN(CCOC)C(=O)c1ccnc(F)c1. The Kier molecular flexibility index (Phi) is 4.85. The minimum Gasteiger partial charge on any atom is -0.383 e. The molecule has 0 saturated heterocycles. The van der Waals surface area contributed by atoms with E-state index in [9.17, 15) is 9.18 Å². The van der Waals surface area contributed by atoms with Gasteiger partial charge in [0.05, 0.1) is 6.61 Å². The number of carbonyl (C=O) groups excluding carboxylic acids is 1. The van der Waals surface area contributed by atoms with Crippen molar-refractivity contribution in [1.82, 2.24) is 9.88 Å². The predicted octanol–water partition coefficient (Wildman–Crippen LogP) is 1.33. The number of aromatic nitrogens is 1. The van der Waals surface area contributed by atoms with Gasteiger partial charge in [-0.3, -0.25) is 4.79 Å². The molecule has 0 fully saturated rings. The Bertz CT molecular complexity index is 358. The first-order valence-corrected chi connectivity index (χ1v) is 5.08. The Morgan fingerprint density at radius 3 is 2.94 bits per heavy atom. The van der Waals surface area contributed by atoms with Crippen molar-refractivity contribution in [3.8, 4) is 0 Å². The fourth-order valence-corrected chi connectivity index (χ4v) is 1.32. The van der Waals surface area contributed by atoms with Crippen molar-refractivity contribution >= 4 is 5.91 Å². The molecule has 4 nitrogen and oxygen atoms in total. The van der Waals surface area contributed by atoms with Crippen molar-refractivity contribution in [2.45, 2.75) is 6.92 Å². The number of rotatable bonds is 5. The van der Waals surface area contributed by atoms with Crippen LogP contribution in [0.5, 0.6) is 0 Å². The molecule has 0 aliphatic heterocycles. The van der Waals surface area contributed by atoms with Crippen molar-refractivity contribution in [3.05, 3.63) is 29.8 Å². The predicted molar refractivity (Wildman–Crippen MR) is 57.6 cm³/mol. The fourth-order valence-electron chi connectivity index (χ4n) is 1.32. The lowest BCUT2D eigenvalue weighted by Crippen LogP contribution is -2.33. The van der Waals surface area contributed by atoms with Gasteiger partial charge in [-0.25, -0.2) is 4.98 Å². The Hall–Kier alpha value is -1.49. The van der Waals surface area contributed by atoms with E-state index in [1.54, 1.807) is 12.0 Å². The number of ether oxygens (including phenoxy) is 1. The number of halogens is 1. The van der Waals surface area contributed by atoms with Gasteiger partial charge in [-0.05, 0) is 13.0 Å². The summed E-state index contributed by atoms with van der Waals surface area (Å²) in [5.74, 6) is -0.852. The second-order valence-corrected chi connectivity index (χ2v) is 3.24. The summed E-state index contributed by atoms with van der Waals surface area (Å²) in [5, 5.41) is 0. The minimum atomic E-state index is -0.645. The normalized spacial score (nSPS) is 10.2. The molecule has 0 aliphatic rings. The third kappa shape index (κ3) is 3.27. The van der Waals surface area contributed by atoms with Crippen molar-refractivity contribution in [2.24, 2.45) is 0 Å². The number of amides is 1. The van der Waals surface area contributed by atoms with Gasteiger partial charge >= 0.3 is 0 Å². The Labute approximate surface area is 94.0 Å². The molecule has 1 rings (SSSR count). The standard InChI is InChI=1S/C11H15FN2O2/c1-3-14(6-7-16-2)11(15)9-4-5-13-10(12)8-9/h4-5,8H,3,6-7H2,1-2H3. The van der Waals surface area contributed by atoms with Crippen LogP contribution in [0, 0.1) is 5.95 Å². The molecule has 0 atom stereocenters. The fraction of sp³-hybridized carbons (Fsp3) is 0.455. The highest BCUT2D eigenvalue weighted by molar-refractivity contribution is 5.94. The van der Waals surface area contributed by atoms with Gasteiger partial charge in [0.15, 0.2) is 0 Å². The maximum Gasteiger partial charge on any atom is 0.254 e. The van der Waals surface area contributed by atoms with E-state index in [0.717, 1.165) is 6.07 Å². The van der Waals surface area contributed by atoms with E-state index in [1.165, 1.54) is 12.3 Å². The molecule has 0 unspecified atom stereocenters. The van der Waals surface area contributed by atoms with Crippen molar-refractivity contribution in [2.75, 3.05) is 26.8 Å². The van der Waals surface area contributed by atoms with Crippen molar-refractivity contribution in [3.63, 3.8) is 0 Å². The van der Waals surface area contributed by atoms with Gasteiger partial charge in [-0.2, -0.15) is 4.39 Å². The van der Waals surface area contributed by atoms with E-state index in [4.69, 9.17) is 4.74 Å². The van der Waals surface area contributed by atoms with Crippen LogP contribution in [0.3, 0.4) is 0 Å². The number of likely N-dealkylation sites (N-methyl/N-ethyl adjacent to an activating group) is 1. The second-order valence-electron chi connectivity index (χ2n) is 3.24. The molecule has 0 N–H and O–H groups in total. The summed E-state index contributed by atoms with van der Waals surface area (Å²) in [6.07, 6.45) is 1.28. The molecule has 0 saturated carbocycles. The zero-order valence-corrected chi connectivity index (χ0v) is 9.44. The number of methoxy groups -OCH3 is 1. The summed E-state index contributed by atoms with van der Waals surface area (Å²) in [7, 11) is 1.57. The molecule has 1 aromatic heterocycles. The molecule has 0 aliphatic carbocycles. The third-order valence-corrected chi connectivity index (χ3v) is 2.21. The number of carbonyl (C=O) groups is 1. The average molecular weight is 226 g/mol. The maximum atomic E-state index is 12.8. The number of pyridine rings is 1. The molecule has 88 valence electrons. The lowest BCUT2D eigenvalue weighted by molar-refractivity contribution is 0.0705. The maximum absolute atomic E-state index is 12.8. The largest absolute Gasteiger partial charge is 0.383 e. The molecule has 16 heavy (non-hydrogen) atoms. The van der Waals surface area contributed by atoms with Crippen molar-refractivity contribution in [1.29, 1.82) is 0 Å². The van der Waals surface area contributed by atoms with Gasteiger partial charge < -0.3 is 9.64 Å². The smallest absolute Gasteiger partial charge is 0.254 e. The Morgan fingerprint density at radius 1 is 1.62 bits per heavy atom. The van der Waals surface area contributed by atoms with Gasteiger partial charge in [0, 0.05) is 38.0 Å². The van der Waals surface area contributed by atoms with Gasteiger partial charge in [-0.1, -0.05) is 0 Å². The molecule has 1 amide bonds. The van der Waals surface area contributed by atoms with Crippen LogP contribution >= 0.6 is 0 Å². The summed E-state index contributed by atoms with van der Waals surface area (Å²) in [6.45, 7) is 3.39. The second kappa shape index (κ2) is 6.17. The molecule has 0 aromatic carbocycles. The van der Waals surface area contributed by atoms with Gasteiger partial charge in [0.25, 0.3) is 5.91 Å². The van der Waals surface area contributed by atoms with E-state index < -0.39 is 5.95 Å². The Morgan fingerprint density at radius 2 is 2.38 bits per heavy atom. The van der Waals surface area contributed by atoms with Crippen LogP contribution in [-0.4, -0.2) is 42.6 Å². The number of hydrogen-bond donors (Lipinski definition) is 0. The van der Waals surface area contributed by atoms with Gasteiger partial charge in [0.1, 0.15) is 0 Å². The highest BCUT2D eigenvalue weighted by atomic mass is 19.1. The van der Waals surface area contributed by atoms with E-state index in [-0.39, 0.29) is 5.91 Å². The Balaban J connectivity index is 2.74. The molecular formula is C11H15FN2O2. The quantitative estimate of drug-likeness (QED) is 0.711. The monoisotopic (exact) mass is 226 g/mol. The van der Waals surface area contributed by atoms with E-state index in [1.807, 2.05) is 6.92 Å². The summed E-state index contributed by atoms with van der Waals surface area (Å²) in [4.78, 5) is 16.9. The van der Waals surface area contributed by atoms with Crippen LogP contribution in [0.15, 0.2) is 18.3 Å². The van der Waals surface area contributed by atoms with E-state index in [0.29, 0.717) is 25.3 Å². The summed E-state index contributed by atoms with van der Waals surface area (Å²) < 4.78 is 17.7. The van der Waals surface area contributed by atoms with Crippen LogP contribution in [0.2, 0.25) is 0 Å². The third-order valence-electron chi connectivity index (χ3n) is 2.21. The number of hydrogen-bond acceptors (Lipinski definition) is 3. The molecule has 0 bridgehead atoms. The first-order valence-electron chi connectivity index (χ1n) is 5.08. The minimum absolute atomic E-state index is 0.208. The van der Waals surface area contributed by atoms with Gasteiger partial charge in [0.2, 0.25) is 5.95 Å². The average Bonchev–Trinajstić information content (AvgIpc) is 2.29. The zero-order valence-electron chi connectivity index (χ0n) is 9.44. The molecule has 1 aromatic rings. The van der Waals surface area contributed by atoms with Crippen LogP contribution < -0.4 is 0 Å². The topological polar surface area (TPSA) is 42.4 Å². The summed E-state index contributed by atoms with van der Waals surface area (Å²) in [6, 6.07) is 2.64. The highest BCUT2D eigenvalue weighted by Gasteiger charge is 2.14. The van der Waals surface area contributed by atoms with Gasteiger partial charge in [-0.15, -0.1) is 0 Å². The summed E-state index contributed by atoms with van der Waals surface area (Å²) in [5.41, 5.74) is 0.311. The number of nitrogens with zero attached hydrogens (tertiary/aromatic N) is 2. The lowest BCUT2D eigenvalue weighted by atomic mass is 10.2. The lowest BCUT2D eigenvalue weighted by Gasteiger charge is -2.20. The first-order chi connectivity index (χ1) is 7.69. The van der Waals surface area contributed by atoms with Crippen LogP contribution in [0.1, 0.15) is 17.3 Å². The van der Waals surface area contributed by atoms with Crippen LogP contribution in [0.4, 0.5) is 4.39 Å². The first kappa shape index (κ1) is 12.6. The summed E-state index contributed by atoms with van der Waals surface area (Å²) >= 11 is 0. The molecule has 0 spiro atoms.